The molecule has 4 nitrogen and oxygen atoms in total. The van der Waals surface area contributed by atoms with Crippen LogP contribution in [-0.4, -0.2) is 28.2 Å². The van der Waals surface area contributed by atoms with Gasteiger partial charge in [-0.05, 0) is 0 Å². The molecule has 0 amide bonds. The predicted octanol–water partition coefficient (Wildman–Crippen LogP) is 2.76. The second kappa shape index (κ2) is 21.1. The Bertz CT molecular complexity index is 347. The molecule has 0 saturated carbocycles. The Kier molecular flexibility index (Phi) is 25.0. The molecule has 0 heterocycles. The molecule has 2 rings (SSSR count). The Labute approximate surface area is 147 Å². The van der Waals surface area contributed by atoms with Crippen molar-refractivity contribution in [2.75, 3.05) is 28.2 Å². The van der Waals surface area contributed by atoms with Crippen molar-refractivity contribution >= 4 is 0 Å². The smallest absolute Gasteiger partial charge is 0.872 e. The monoisotopic (exact) mass is 364 g/mol. The average molecular weight is 366 g/mol. The molecule has 0 spiro atoms. The average Bonchev–Trinajstić information content (AvgIpc) is 2.43. The van der Waals surface area contributed by atoms with Crippen molar-refractivity contribution < 1.29 is 36.4 Å². The van der Waals surface area contributed by atoms with Gasteiger partial charge in [0.1, 0.15) is 0 Å². The summed E-state index contributed by atoms with van der Waals surface area (Å²) in [7, 11) is 7.00. The Morgan fingerprint density at radius 2 is 0.762 bits per heavy atom. The topological polar surface area (TPSA) is 74.3 Å². The van der Waals surface area contributed by atoms with Gasteiger partial charge in [0.25, 0.3) is 0 Å². The molecular weight excluding hydrogens is 343 g/mol. The summed E-state index contributed by atoms with van der Waals surface area (Å²) in [5.74, 6) is 0.144. The minimum absolute atomic E-state index is 0. The molecule has 0 aromatic heterocycles. The molecule has 0 fully saturated rings. The maximum Gasteiger partial charge on any atom is 4.00 e. The quantitative estimate of drug-likeness (QED) is 0.720. The van der Waals surface area contributed by atoms with E-state index in [-0.39, 0.29) is 37.7 Å². The second-order valence-electron chi connectivity index (χ2n) is 3.52. The maximum absolute atomic E-state index is 10.3. The molecule has 0 aliphatic rings. The molecule has 2 aromatic carbocycles. The van der Waals surface area contributed by atoms with Crippen LogP contribution in [0.5, 0.6) is 11.5 Å². The Hall–Kier alpha value is -1.16. The zero-order valence-electron chi connectivity index (χ0n) is 13.0. The van der Waals surface area contributed by atoms with Crippen molar-refractivity contribution in [2.45, 2.75) is 0 Å². The Morgan fingerprint density at radius 3 is 0.857 bits per heavy atom. The van der Waals surface area contributed by atoms with Crippen LogP contribution >= 0.6 is 0 Å². The number of hydrogen-bond acceptors (Lipinski definition) is 2. The molecule has 0 bridgehead atoms. The molecular formula is C16H22N2O2Zr. The van der Waals surface area contributed by atoms with Gasteiger partial charge in [-0.25, -0.2) is 0 Å². The number of benzene rings is 2. The van der Waals surface area contributed by atoms with Crippen LogP contribution < -0.4 is 10.2 Å². The summed E-state index contributed by atoms with van der Waals surface area (Å²) >= 11 is 0. The molecule has 5 heteroatoms. The van der Waals surface area contributed by atoms with Crippen LogP contribution in [0.1, 0.15) is 0 Å². The van der Waals surface area contributed by atoms with E-state index in [0.717, 1.165) is 0 Å². The number of nitrogens with zero attached hydrogens (tertiary/aromatic N) is 2. The first-order chi connectivity index (χ1) is 9.62. The van der Waals surface area contributed by atoms with E-state index in [1.54, 1.807) is 52.5 Å². The van der Waals surface area contributed by atoms with Crippen LogP contribution in [-0.2, 0) is 26.2 Å². The standard InChI is InChI=1S/2C6H6O.2C2H6N.Zr/c2*7-6-4-2-1-3-5-6;2*1-3-2;/h2*1-5,7H;2*1-2H3;/q;;2*-1;+4/p-2. The summed E-state index contributed by atoms with van der Waals surface area (Å²) < 4.78 is 0. The first kappa shape index (κ1) is 24.8. The van der Waals surface area contributed by atoms with Crippen LogP contribution in [0.3, 0.4) is 0 Å². The molecule has 0 aliphatic heterocycles. The van der Waals surface area contributed by atoms with E-state index in [0.29, 0.717) is 0 Å². The predicted molar refractivity (Wildman–Crippen MR) is 82.2 cm³/mol. The normalized spacial score (nSPS) is 7.43. The summed E-state index contributed by atoms with van der Waals surface area (Å²) in [6.07, 6.45) is 0. The van der Waals surface area contributed by atoms with E-state index in [1.165, 1.54) is 24.3 Å². The number of hydrogen-bond donors (Lipinski definition) is 0. The van der Waals surface area contributed by atoms with Crippen molar-refractivity contribution in [1.82, 2.24) is 0 Å². The van der Waals surface area contributed by atoms with Crippen molar-refractivity contribution in [2.24, 2.45) is 0 Å². The first-order valence-corrected chi connectivity index (χ1v) is 6.02. The van der Waals surface area contributed by atoms with Crippen LogP contribution in [0.4, 0.5) is 0 Å². The van der Waals surface area contributed by atoms with E-state index >= 15 is 0 Å². The molecule has 0 saturated heterocycles. The summed E-state index contributed by atoms with van der Waals surface area (Å²) in [5, 5.41) is 27.5. The van der Waals surface area contributed by atoms with Gasteiger partial charge in [0.2, 0.25) is 0 Å². The summed E-state index contributed by atoms with van der Waals surface area (Å²) in [5.41, 5.74) is 0. The molecule has 21 heavy (non-hydrogen) atoms. The van der Waals surface area contributed by atoms with Crippen LogP contribution in [0, 0.1) is 0 Å². The van der Waals surface area contributed by atoms with Gasteiger partial charge in [-0.2, -0.15) is 28.2 Å². The third kappa shape index (κ3) is 24.3. The second-order valence-corrected chi connectivity index (χ2v) is 3.52. The van der Waals surface area contributed by atoms with Crippen molar-refractivity contribution in [1.29, 1.82) is 0 Å². The molecule has 0 radical (unpaired) electrons. The first-order valence-electron chi connectivity index (χ1n) is 6.02. The molecule has 0 aliphatic carbocycles. The fourth-order valence-corrected chi connectivity index (χ4v) is 0.841. The van der Waals surface area contributed by atoms with Gasteiger partial charge in [-0.1, -0.05) is 60.7 Å². The van der Waals surface area contributed by atoms with Gasteiger partial charge in [0.15, 0.2) is 0 Å². The third-order valence-corrected chi connectivity index (χ3v) is 1.49. The fourth-order valence-electron chi connectivity index (χ4n) is 0.841. The Morgan fingerprint density at radius 1 is 0.571 bits per heavy atom. The van der Waals surface area contributed by atoms with Gasteiger partial charge < -0.3 is 20.8 Å². The summed E-state index contributed by atoms with van der Waals surface area (Å²) in [4.78, 5) is 0. The van der Waals surface area contributed by atoms with Crippen LogP contribution in [0.2, 0.25) is 0 Å². The van der Waals surface area contributed by atoms with Crippen molar-refractivity contribution in [3.8, 4) is 11.5 Å². The maximum atomic E-state index is 10.3. The van der Waals surface area contributed by atoms with E-state index in [2.05, 4.69) is 10.6 Å². The molecule has 112 valence electrons. The fraction of sp³-hybridized carbons (Fsp3) is 0.250. The van der Waals surface area contributed by atoms with Gasteiger partial charge in [0.05, 0.1) is 0 Å². The molecule has 2 aromatic rings. The number of para-hydroxylation sites is 2. The number of rotatable bonds is 0. The zero-order chi connectivity index (χ0) is 15.6. The third-order valence-electron chi connectivity index (χ3n) is 1.49. The molecule has 0 unspecified atom stereocenters. The van der Waals surface area contributed by atoms with Crippen molar-refractivity contribution in [3.63, 3.8) is 0 Å². The Balaban J connectivity index is -0.000000220. The molecule has 0 N–H and O–H groups in total. The molecule has 0 atom stereocenters. The summed E-state index contributed by atoms with van der Waals surface area (Å²) in [6.45, 7) is 0. The van der Waals surface area contributed by atoms with Gasteiger partial charge in [-0.3, -0.25) is 0 Å². The van der Waals surface area contributed by atoms with E-state index in [1.807, 2.05) is 12.1 Å². The van der Waals surface area contributed by atoms with Crippen LogP contribution in [0.15, 0.2) is 60.7 Å². The largest absolute Gasteiger partial charge is 4.00 e. The van der Waals surface area contributed by atoms with Gasteiger partial charge in [-0.15, -0.1) is 11.5 Å². The van der Waals surface area contributed by atoms with Crippen LogP contribution in [0.25, 0.3) is 10.6 Å². The van der Waals surface area contributed by atoms with E-state index in [9.17, 15) is 10.2 Å². The van der Waals surface area contributed by atoms with E-state index in [4.69, 9.17) is 0 Å². The van der Waals surface area contributed by atoms with Gasteiger partial charge >= 0.3 is 26.2 Å². The van der Waals surface area contributed by atoms with Gasteiger partial charge in [0, 0.05) is 0 Å². The minimum Gasteiger partial charge on any atom is -0.872 e. The van der Waals surface area contributed by atoms with E-state index < -0.39 is 0 Å². The minimum atomic E-state index is 0. The zero-order valence-corrected chi connectivity index (χ0v) is 15.4. The summed E-state index contributed by atoms with van der Waals surface area (Å²) in [6, 6.07) is 16.7. The SMILES string of the molecule is C[N-]C.C[N-]C.[O-]c1ccccc1.[O-]c1ccccc1.[Zr+4]. The van der Waals surface area contributed by atoms with Crippen molar-refractivity contribution in [3.05, 3.63) is 71.3 Å².